The standard InChI is InChI=1S/C28H33N3O2/c1-19(2)15-28(32)24-17-31(27-8-5-4-7-22(24)27)13-6-12-30-14-11-21-23-16-20(33-3)9-10-25(23)29-26(21)18-30/h4-5,7-10,16-17,19,29H,6,11-15,18H2,1-3H3. The van der Waals surface area contributed by atoms with E-state index in [9.17, 15) is 4.79 Å². The second kappa shape index (κ2) is 9.06. The van der Waals surface area contributed by atoms with E-state index in [1.54, 1.807) is 7.11 Å². The molecule has 2 aromatic heterocycles. The Morgan fingerprint density at radius 2 is 1.97 bits per heavy atom. The highest BCUT2D eigenvalue weighted by molar-refractivity contribution is 6.08. The first-order valence-electron chi connectivity index (χ1n) is 12.0. The Labute approximate surface area is 195 Å². The monoisotopic (exact) mass is 443 g/mol. The first-order valence-corrected chi connectivity index (χ1v) is 12.0. The lowest BCUT2D eigenvalue weighted by Crippen LogP contribution is -2.31. The summed E-state index contributed by atoms with van der Waals surface area (Å²) in [5.74, 6) is 1.53. The van der Waals surface area contributed by atoms with E-state index in [0.717, 1.165) is 61.2 Å². The van der Waals surface area contributed by atoms with Gasteiger partial charge in [-0.2, -0.15) is 0 Å². The third kappa shape index (κ3) is 4.30. The predicted octanol–water partition coefficient (Wildman–Crippen LogP) is 5.81. The third-order valence-corrected chi connectivity index (χ3v) is 6.82. The van der Waals surface area contributed by atoms with Gasteiger partial charge in [0.05, 0.1) is 7.11 Å². The van der Waals surface area contributed by atoms with Crippen LogP contribution in [-0.2, 0) is 19.5 Å². The molecule has 33 heavy (non-hydrogen) atoms. The number of fused-ring (bicyclic) bond motifs is 4. The predicted molar refractivity (Wildman–Crippen MR) is 134 cm³/mol. The summed E-state index contributed by atoms with van der Waals surface area (Å²) in [5, 5.41) is 2.38. The largest absolute Gasteiger partial charge is 0.497 e. The number of H-pyrrole nitrogens is 1. The van der Waals surface area contributed by atoms with Crippen molar-refractivity contribution in [2.45, 2.75) is 46.2 Å². The van der Waals surface area contributed by atoms with Gasteiger partial charge < -0.3 is 14.3 Å². The van der Waals surface area contributed by atoms with Gasteiger partial charge in [-0.05, 0) is 48.6 Å². The van der Waals surface area contributed by atoms with E-state index in [-0.39, 0.29) is 5.78 Å². The normalized spacial score (nSPS) is 14.3. The van der Waals surface area contributed by atoms with Gasteiger partial charge in [-0.15, -0.1) is 0 Å². The van der Waals surface area contributed by atoms with Gasteiger partial charge in [0, 0.05) is 71.9 Å². The van der Waals surface area contributed by atoms with Crippen LogP contribution in [0.3, 0.4) is 0 Å². The van der Waals surface area contributed by atoms with Crippen LogP contribution < -0.4 is 4.74 Å². The van der Waals surface area contributed by atoms with Crippen molar-refractivity contribution in [2.75, 3.05) is 20.2 Å². The van der Waals surface area contributed by atoms with Crippen molar-refractivity contribution < 1.29 is 9.53 Å². The van der Waals surface area contributed by atoms with Gasteiger partial charge in [-0.25, -0.2) is 0 Å². The number of nitrogens with zero attached hydrogens (tertiary/aromatic N) is 2. The summed E-state index contributed by atoms with van der Waals surface area (Å²) in [5.41, 5.74) is 5.99. The zero-order valence-electron chi connectivity index (χ0n) is 19.9. The summed E-state index contributed by atoms with van der Waals surface area (Å²) < 4.78 is 7.69. The third-order valence-electron chi connectivity index (χ3n) is 6.82. The minimum atomic E-state index is 0.249. The van der Waals surface area contributed by atoms with Crippen molar-refractivity contribution in [3.05, 3.63) is 65.5 Å². The van der Waals surface area contributed by atoms with Gasteiger partial charge >= 0.3 is 0 Å². The Kier molecular flexibility index (Phi) is 5.98. The summed E-state index contributed by atoms with van der Waals surface area (Å²) >= 11 is 0. The number of rotatable bonds is 8. The molecule has 0 spiro atoms. The highest BCUT2D eigenvalue weighted by atomic mass is 16.5. The molecule has 5 heteroatoms. The lowest BCUT2D eigenvalue weighted by molar-refractivity contribution is 0.0969. The van der Waals surface area contributed by atoms with E-state index in [0.29, 0.717) is 12.3 Å². The van der Waals surface area contributed by atoms with Crippen LogP contribution in [0.4, 0.5) is 0 Å². The molecule has 4 aromatic rings. The van der Waals surface area contributed by atoms with Crippen molar-refractivity contribution in [3.8, 4) is 5.75 Å². The molecule has 172 valence electrons. The number of para-hydroxylation sites is 1. The number of benzene rings is 2. The summed E-state index contributed by atoms with van der Waals surface area (Å²) in [7, 11) is 1.72. The average Bonchev–Trinajstić information content (AvgIpc) is 3.36. The van der Waals surface area contributed by atoms with Crippen LogP contribution in [0, 0.1) is 5.92 Å². The first kappa shape index (κ1) is 21.8. The van der Waals surface area contributed by atoms with Crippen LogP contribution in [-0.4, -0.2) is 40.4 Å². The fourth-order valence-electron chi connectivity index (χ4n) is 5.19. The first-order chi connectivity index (χ1) is 16.0. The van der Waals surface area contributed by atoms with Gasteiger partial charge in [0.1, 0.15) is 5.75 Å². The molecular weight excluding hydrogens is 410 g/mol. The van der Waals surface area contributed by atoms with Crippen molar-refractivity contribution in [3.63, 3.8) is 0 Å². The lowest BCUT2D eigenvalue weighted by atomic mass is 10.0. The van der Waals surface area contributed by atoms with Crippen molar-refractivity contribution in [1.29, 1.82) is 0 Å². The number of hydrogen-bond acceptors (Lipinski definition) is 3. The maximum atomic E-state index is 12.8. The van der Waals surface area contributed by atoms with Crippen molar-refractivity contribution in [2.24, 2.45) is 5.92 Å². The molecule has 0 bridgehead atoms. The molecule has 0 radical (unpaired) electrons. The van der Waals surface area contributed by atoms with Crippen LogP contribution in [0.25, 0.3) is 21.8 Å². The van der Waals surface area contributed by atoms with Gasteiger partial charge in [0.2, 0.25) is 0 Å². The Morgan fingerprint density at radius 3 is 2.79 bits per heavy atom. The summed E-state index contributed by atoms with van der Waals surface area (Å²) in [6, 6.07) is 14.6. The van der Waals surface area contributed by atoms with E-state index in [1.165, 1.54) is 22.2 Å². The molecule has 5 rings (SSSR count). The number of hydrogen-bond donors (Lipinski definition) is 1. The molecule has 3 heterocycles. The van der Waals surface area contributed by atoms with Crippen LogP contribution >= 0.6 is 0 Å². The van der Waals surface area contributed by atoms with Crippen LogP contribution in [0.1, 0.15) is 48.3 Å². The second-order valence-electron chi connectivity index (χ2n) is 9.65. The Bertz CT molecular complexity index is 1300. The maximum Gasteiger partial charge on any atom is 0.165 e. The fourth-order valence-corrected chi connectivity index (χ4v) is 5.19. The van der Waals surface area contributed by atoms with Gasteiger partial charge in [0.15, 0.2) is 5.78 Å². The van der Waals surface area contributed by atoms with Gasteiger partial charge in [0.25, 0.3) is 0 Å². The van der Waals surface area contributed by atoms with E-state index >= 15 is 0 Å². The number of carbonyl (C=O) groups is 1. The number of aryl methyl sites for hydroxylation is 1. The number of carbonyl (C=O) groups excluding carboxylic acids is 1. The number of ether oxygens (including phenoxy) is 1. The quantitative estimate of drug-likeness (QED) is 0.350. The summed E-state index contributed by atoms with van der Waals surface area (Å²) in [6.45, 7) is 8.19. The molecule has 5 nitrogen and oxygen atoms in total. The van der Waals surface area contributed by atoms with E-state index in [2.05, 4.69) is 64.8 Å². The van der Waals surface area contributed by atoms with Gasteiger partial charge in [-0.1, -0.05) is 32.0 Å². The molecule has 1 N–H and O–H groups in total. The minimum absolute atomic E-state index is 0.249. The highest BCUT2D eigenvalue weighted by Gasteiger charge is 2.21. The molecule has 0 atom stereocenters. The Hall–Kier alpha value is -3.05. The van der Waals surface area contributed by atoms with Crippen LogP contribution in [0.15, 0.2) is 48.7 Å². The number of nitrogens with one attached hydrogen (secondary N) is 1. The molecule has 0 unspecified atom stereocenters. The average molecular weight is 444 g/mol. The zero-order valence-corrected chi connectivity index (χ0v) is 19.9. The van der Waals surface area contributed by atoms with E-state index in [1.807, 2.05) is 12.1 Å². The summed E-state index contributed by atoms with van der Waals surface area (Å²) in [4.78, 5) is 19.0. The zero-order chi connectivity index (χ0) is 22.9. The molecule has 0 amide bonds. The van der Waals surface area contributed by atoms with Gasteiger partial charge in [-0.3, -0.25) is 9.69 Å². The molecule has 1 aliphatic rings. The molecule has 0 saturated carbocycles. The topological polar surface area (TPSA) is 50.3 Å². The number of methoxy groups -OCH3 is 1. The SMILES string of the molecule is COc1ccc2[nH]c3c(c2c1)CCN(CCCn1cc(C(=O)CC(C)C)c2ccccc21)C3. The second-order valence-corrected chi connectivity index (χ2v) is 9.65. The van der Waals surface area contributed by atoms with Crippen LogP contribution in [0.2, 0.25) is 0 Å². The number of aromatic amines is 1. The fraction of sp³-hybridized carbons (Fsp3) is 0.393. The molecular formula is C28H33N3O2. The molecule has 2 aromatic carbocycles. The van der Waals surface area contributed by atoms with Crippen molar-refractivity contribution >= 4 is 27.6 Å². The number of ketones is 1. The molecule has 1 aliphatic heterocycles. The smallest absolute Gasteiger partial charge is 0.165 e. The lowest BCUT2D eigenvalue weighted by Gasteiger charge is -2.27. The maximum absolute atomic E-state index is 12.8. The Morgan fingerprint density at radius 1 is 1.12 bits per heavy atom. The number of Topliss-reactive ketones (excluding diaryl/α,β-unsaturated/α-hetero) is 1. The van der Waals surface area contributed by atoms with E-state index in [4.69, 9.17) is 4.74 Å². The highest BCUT2D eigenvalue weighted by Crippen LogP contribution is 2.30. The molecule has 0 aliphatic carbocycles. The van der Waals surface area contributed by atoms with Crippen molar-refractivity contribution in [1.82, 2.24) is 14.5 Å². The molecule has 0 fully saturated rings. The Balaban J connectivity index is 1.27. The van der Waals surface area contributed by atoms with E-state index < -0.39 is 0 Å². The summed E-state index contributed by atoms with van der Waals surface area (Å²) in [6.07, 6.45) is 4.79. The van der Waals surface area contributed by atoms with Crippen LogP contribution in [0.5, 0.6) is 5.75 Å². The minimum Gasteiger partial charge on any atom is -0.497 e. The number of aromatic nitrogens is 2. The molecule has 0 saturated heterocycles.